The maximum absolute atomic E-state index is 13.1. The highest BCUT2D eigenvalue weighted by atomic mass is 35.5. The molecule has 0 saturated carbocycles. The Morgan fingerprint density at radius 1 is 0.906 bits per heavy atom. The molecule has 0 aliphatic carbocycles. The van der Waals surface area contributed by atoms with Crippen LogP contribution in [-0.4, -0.2) is 10.5 Å². The van der Waals surface area contributed by atoms with Crippen LogP contribution in [0.3, 0.4) is 0 Å². The number of aromatic nitrogens is 1. The molecule has 0 radical (unpaired) electrons. The molecule has 1 aromatic heterocycles. The summed E-state index contributed by atoms with van der Waals surface area (Å²) >= 11 is 18.1. The molecule has 0 fully saturated rings. The number of carbonyl (C=O) groups excluding carboxylic acids is 1. The number of hydrogen-bond donors (Lipinski definition) is 1. The lowest BCUT2D eigenvalue weighted by atomic mass is 10.1. The van der Waals surface area contributed by atoms with Gasteiger partial charge in [-0.3, -0.25) is 4.79 Å². The standard InChI is InChI=1S/C24H17Cl3N2O3/c25-16-5-1-14(2-6-16)11-29-12-19(23(30)18-9-21(28)20(27)10-22(18)29)24(31)32-13-15-3-7-17(26)8-4-15/h1-10,12H,11,13,28H2. The number of esters is 1. The number of nitrogen functional groups attached to an aromatic ring is 1. The minimum atomic E-state index is -0.731. The molecule has 0 unspecified atom stereocenters. The molecule has 162 valence electrons. The van der Waals surface area contributed by atoms with Crippen LogP contribution in [-0.2, 0) is 17.9 Å². The van der Waals surface area contributed by atoms with E-state index in [2.05, 4.69) is 0 Å². The van der Waals surface area contributed by atoms with Crippen LogP contribution in [0.25, 0.3) is 10.9 Å². The highest BCUT2D eigenvalue weighted by molar-refractivity contribution is 6.34. The van der Waals surface area contributed by atoms with E-state index in [1.165, 1.54) is 12.3 Å². The number of nitrogens with zero attached hydrogens (tertiary/aromatic N) is 1. The average Bonchev–Trinajstić information content (AvgIpc) is 2.78. The van der Waals surface area contributed by atoms with Gasteiger partial charge in [0.15, 0.2) is 0 Å². The second-order valence-corrected chi connectivity index (χ2v) is 8.50. The number of ether oxygens (including phenoxy) is 1. The summed E-state index contributed by atoms with van der Waals surface area (Å²) in [6.07, 6.45) is 1.48. The first-order valence-electron chi connectivity index (χ1n) is 9.60. The van der Waals surface area contributed by atoms with Crippen molar-refractivity contribution in [3.8, 4) is 0 Å². The van der Waals surface area contributed by atoms with E-state index in [1.807, 2.05) is 12.1 Å². The van der Waals surface area contributed by atoms with Gasteiger partial charge in [-0.2, -0.15) is 0 Å². The molecule has 0 amide bonds. The van der Waals surface area contributed by atoms with Crippen molar-refractivity contribution in [2.24, 2.45) is 0 Å². The number of pyridine rings is 1. The summed E-state index contributed by atoms with van der Waals surface area (Å²) in [5.41, 5.74) is 7.83. The molecule has 0 aliphatic heterocycles. The number of carbonyl (C=O) groups is 1. The van der Waals surface area contributed by atoms with Crippen molar-refractivity contribution in [3.63, 3.8) is 0 Å². The molecular weight excluding hydrogens is 471 g/mol. The zero-order valence-corrected chi connectivity index (χ0v) is 18.9. The third kappa shape index (κ3) is 4.75. The summed E-state index contributed by atoms with van der Waals surface area (Å²) in [4.78, 5) is 25.9. The van der Waals surface area contributed by atoms with E-state index in [0.29, 0.717) is 27.1 Å². The van der Waals surface area contributed by atoms with Crippen molar-refractivity contribution in [1.82, 2.24) is 4.57 Å². The molecule has 3 aromatic carbocycles. The zero-order valence-electron chi connectivity index (χ0n) is 16.6. The minimum absolute atomic E-state index is 0.00736. The number of fused-ring (bicyclic) bond motifs is 1. The maximum Gasteiger partial charge on any atom is 0.343 e. The average molecular weight is 488 g/mol. The third-order valence-corrected chi connectivity index (χ3v) is 5.80. The van der Waals surface area contributed by atoms with E-state index in [9.17, 15) is 9.59 Å². The van der Waals surface area contributed by atoms with Crippen LogP contribution >= 0.6 is 34.8 Å². The van der Waals surface area contributed by atoms with Gasteiger partial charge in [-0.15, -0.1) is 0 Å². The zero-order chi connectivity index (χ0) is 22.8. The van der Waals surface area contributed by atoms with Gasteiger partial charge < -0.3 is 15.0 Å². The summed E-state index contributed by atoms with van der Waals surface area (Å²) in [6, 6.07) is 17.3. The second-order valence-electron chi connectivity index (χ2n) is 7.22. The molecule has 8 heteroatoms. The van der Waals surface area contributed by atoms with Crippen molar-refractivity contribution in [3.05, 3.63) is 109 Å². The van der Waals surface area contributed by atoms with Crippen molar-refractivity contribution in [1.29, 1.82) is 0 Å². The fraction of sp³-hybridized carbons (Fsp3) is 0.0833. The number of benzene rings is 3. The number of halogens is 3. The molecule has 2 N–H and O–H groups in total. The lowest BCUT2D eigenvalue weighted by Gasteiger charge is -2.15. The molecule has 32 heavy (non-hydrogen) atoms. The number of hydrogen-bond acceptors (Lipinski definition) is 4. The predicted octanol–water partition coefficient (Wildman–Crippen LogP) is 5.95. The first-order valence-corrected chi connectivity index (χ1v) is 10.7. The highest BCUT2D eigenvalue weighted by Crippen LogP contribution is 2.25. The van der Waals surface area contributed by atoms with Gasteiger partial charge in [0.25, 0.3) is 0 Å². The summed E-state index contributed by atoms with van der Waals surface area (Å²) in [7, 11) is 0. The van der Waals surface area contributed by atoms with Crippen LogP contribution in [0.4, 0.5) is 5.69 Å². The van der Waals surface area contributed by atoms with Crippen LogP contribution in [0.1, 0.15) is 21.5 Å². The Morgan fingerprint density at radius 2 is 1.50 bits per heavy atom. The molecular formula is C24H17Cl3N2O3. The van der Waals surface area contributed by atoms with Gasteiger partial charge in [0.05, 0.1) is 16.2 Å². The Hall–Kier alpha value is -2.99. The SMILES string of the molecule is Nc1cc2c(=O)c(C(=O)OCc3ccc(Cl)cc3)cn(Cc3ccc(Cl)cc3)c2cc1Cl. The molecule has 0 bridgehead atoms. The first-order chi connectivity index (χ1) is 15.3. The quantitative estimate of drug-likeness (QED) is 0.279. The largest absolute Gasteiger partial charge is 0.457 e. The van der Waals surface area contributed by atoms with E-state index >= 15 is 0 Å². The van der Waals surface area contributed by atoms with E-state index < -0.39 is 11.4 Å². The Labute approximate surface area is 198 Å². The van der Waals surface area contributed by atoms with Gasteiger partial charge in [0.1, 0.15) is 12.2 Å². The van der Waals surface area contributed by atoms with Crippen LogP contribution in [0.2, 0.25) is 15.1 Å². The summed E-state index contributed by atoms with van der Waals surface area (Å²) < 4.78 is 7.16. The van der Waals surface area contributed by atoms with E-state index in [0.717, 1.165) is 11.1 Å². The molecule has 4 rings (SSSR count). The molecule has 1 heterocycles. The second kappa shape index (κ2) is 9.25. The monoisotopic (exact) mass is 486 g/mol. The Balaban J connectivity index is 1.74. The van der Waals surface area contributed by atoms with Gasteiger partial charge in [-0.1, -0.05) is 59.1 Å². The van der Waals surface area contributed by atoms with E-state index in [4.69, 9.17) is 45.3 Å². The first kappa shape index (κ1) is 22.2. The number of anilines is 1. The molecule has 0 spiro atoms. The molecule has 0 atom stereocenters. The molecule has 0 aliphatic rings. The van der Waals surface area contributed by atoms with Crippen molar-refractivity contribution >= 4 is 57.4 Å². The fourth-order valence-electron chi connectivity index (χ4n) is 3.30. The Morgan fingerprint density at radius 3 is 2.12 bits per heavy atom. The van der Waals surface area contributed by atoms with E-state index in [-0.39, 0.29) is 23.2 Å². The highest BCUT2D eigenvalue weighted by Gasteiger charge is 2.18. The lowest BCUT2D eigenvalue weighted by molar-refractivity contribution is 0.0470. The van der Waals surface area contributed by atoms with Crippen LogP contribution < -0.4 is 11.2 Å². The van der Waals surface area contributed by atoms with Crippen LogP contribution in [0.5, 0.6) is 0 Å². The Bertz CT molecular complexity index is 1360. The summed E-state index contributed by atoms with van der Waals surface area (Å²) in [5, 5.41) is 1.79. The van der Waals surface area contributed by atoms with Crippen LogP contribution in [0.15, 0.2) is 71.7 Å². The molecule has 4 aromatic rings. The topological polar surface area (TPSA) is 74.3 Å². The minimum Gasteiger partial charge on any atom is -0.457 e. The van der Waals surface area contributed by atoms with Crippen molar-refractivity contribution in [2.45, 2.75) is 13.2 Å². The van der Waals surface area contributed by atoms with Gasteiger partial charge in [0.2, 0.25) is 5.43 Å². The van der Waals surface area contributed by atoms with Gasteiger partial charge in [-0.05, 0) is 47.5 Å². The van der Waals surface area contributed by atoms with Crippen molar-refractivity contribution in [2.75, 3.05) is 5.73 Å². The van der Waals surface area contributed by atoms with Gasteiger partial charge in [0, 0.05) is 28.2 Å². The summed E-state index contributed by atoms with van der Waals surface area (Å²) in [5.74, 6) is -0.731. The molecule has 5 nitrogen and oxygen atoms in total. The Kier molecular flexibility index (Phi) is 6.42. The fourth-order valence-corrected chi connectivity index (χ4v) is 3.71. The molecule has 0 saturated heterocycles. The van der Waals surface area contributed by atoms with Crippen molar-refractivity contribution < 1.29 is 9.53 Å². The predicted molar refractivity (Wildman–Crippen MR) is 129 cm³/mol. The summed E-state index contributed by atoms with van der Waals surface area (Å²) in [6.45, 7) is 0.388. The number of nitrogens with two attached hydrogens (primary N) is 1. The van der Waals surface area contributed by atoms with Gasteiger partial charge >= 0.3 is 5.97 Å². The lowest BCUT2D eigenvalue weighted by Crippen LogP contribution is -2.21. The maximum atomic E-state index is 13.1. The number of rotatable bonds is 5. The normalized spacial score (nSPS) is 11.0. The van der Waals surface area contributed by atoms with E-state index in [1.54, 1.807) is 47.0 Å². The van der Waals surface area contributed by atoms with Gasteiger partial charge in [-0.25, -0.2) is 4.79 Å². The third-order valence-electron chi connectivity index (χ3n) is 4.97. The smallest absolute Gasteiger partial charge is 0.343 e. The van der Waals surface area contributed by atoms with Crippen LogP contribution in [0, 0.1) is 0 Å².